The molecule has 5 nitrogen and oxygen atoms in total. The number of carbonyl (C=O) groups is 1. The zero-order chi connectivity index (χ0) is 13.9. The maximum absolute atomic E-state index is 11.2. The molecule has 0 spiro atoms. The van der Waals surface area contributed by atoms with E-state index >= 15 is 0 Å². The highest BCUT2D eigenvalue weighted by Crippen LogP contribution is 2.23. The Morgan fingerprint density at radius 2 is 1.80 bits per heavy atom. The molecule has 100 valence electrons. The molecule has 2 aromatic carbocycles. The number of carbonyl (C=O) groups excluding carboxylic acids is 1. The summed E-state index contributed by atoms with van der Waals surface area (Å²) in [6.45, 7) is 0. The molecule has 0 radical (unpaired) electrons. The second kappa shape index (κ2) is 5.13. The molecule has 0 saturated heterocycles. The summed E-state index contributed by atoms with van der Waals surface area (Å²) in [5, 5.41) is 8.36. The first kappa shape index (κ1) is 12.3. The second-order valence-corrected chi connectivity index (χ2v) is 4.58. The first-order valence-electron chi connectivity index (χ1n) is 6.33. The Labute approximate surface area is 116 Å². The third-order valence-electron chi connectivity index (χ3n) is 3.26. The van der Waals surface area contributed by atoms with Gasteiger partial charge in [-0.15, -0.1) is 5.10 Å². The summed E-state index contributed by atoms with van der Waals surface area (Å²) in [5.41, 5.74) is 2.69. The Morgan fingerprint density at radius 3 is 2.55 bits per heavy atom. The average Bonchev–Trinajstić information content (AvgIpc) is 2.92. The lowest BCUT2D eigenvalue weighted by Crippen LogP contribution is -2.29. The van der Waals surface area contributed by atoms with Gasteiger partial charge in [0.1, 0.15) is 5.52 Å². The largest absolute Gasteiger partial charge is 0.322 e. The predicted molar refractivity (Wildman–Crippen MR) is 75.9 cm³/mol. The maximum atomic E-state index is 11.2. The van der Waals surface area contributed by atoms with Crippen LogP contribution < -0.4 is 0 Å². The van der Waals surface area contributed by atoms with E-state index in [1.165, 1.54) is 0 Å². The van der Waals surface area contributed by atoms with Gasteiger partial charge in [0.25, 0.3) is 0 Å². The molecular weight excluding hydrogens is 252 g/mol. The van der Waals surface area contributed by atoms with E-state index in [9.17, 15) is 4.79 Å². The lowest BCUT2D eigenvalue weighted by Gasteiger charge is -2.25. The van der Waals surface area contributed by atoms with Crippen molar-refractivity contribution in [3.8, 4) is 0 Å². The number of nitrogens with zero attached hydrogens (tertiary/aromatic N) is 4. The molecule has 1 amide bonds. The average molecular weight is 266 g/mol. The minimum absolute atomic E-state index is 0.305. The fourth-order valence-corrected chi connectivity index (χ4v) is 2.30. The van der Waals surface area contributed by atoms with Gasteiger partial charge in [0.05, 0.1) is 5.52 Å². The smallest absolute Gasteiger partial charge is 0.211 e. The first-order chi connectivity index (χ1) is 9.81. The van der Waals surface area contributed by atoms with Gasteiger partial charge in [0.2, 0.25) is 6.41 Å². The highest BCUT2D eigenvalue weighted by molar-refractivity contribution is 5.74. The van der Waals surface area contributed by atoms with E-state index in [1.54, 1.807) is 16.6 Å². The van der Waals surface area contributed by atoms with E-state index < -0.39 is 0 Å². The summed E-state index contributed by atoms with van der Waals surface area (Å²) >= 11 is 0. The van der Waals surface area contributed by atoms with Crippen LogP contribution in [0.2, 0.25) is 0 Å². The number of benzene rings is 2. The lowest BCUT2D eigenvalue weighted by atomic mass is 10.1. The summed E-state index contributed by atoms with van der Waals surface area (Å²) in [6, 6.07) is 17.5. The van der Waals surface area contributed by atoms with Crippen molar-refractivity contribution in [2.75, 3.05) is 7.05 Å². The van der Waals surface area contributed by atoms with Gasteiger partial charge in [-0.1, -0.05) is 47.7 Å². The molecular formula is C15H14N4O. The van der Waals surface area contributed by atoms with Crippen LogP contribution in [0.4, 0.5) is 0 Å². The molecule has 0 bridgehead atoms. The van der Waals surface area contributed by atoms with Gasteiger partial charge in [-0.25, -0.2) is 4.68 Å². The second-order valence-electron chi connectivity index (χ2n) is 4.58. The molecule has 1 unspecified atom stereocenters. The number of para-hydroxylation sites is 1. The van der Waals surface area contributed by atoms with Crippen molar-refractivity contribution < 1.29 is 4.79 Å². The van der Waals surface area contributed by atoms with Crippen LogP contribution >= 0.6 is 0 Å². The Morgan fingerprint density at radius 1 is 1.10 bits per heavy atom. The summed E-state index contributed by atoms with van der Waals surface area (Å²) in [5.74, 6) is 0. The quantitative estimate of drug-likeness (QED) is 0.679. The minimum Gasteiger partial charge on any atom is -0.322 e. The number of fused-ring (bicyclic) bond motifs is 1. The molecule has 0 saturated carbocycles. The van der Waals surface area contributed by atoms with Crippen LogP contribution in [0.5, 0.6) is 0 Å². The van der Waals surface area contributed by atoms with Gasteiger partial charge in [-0.3, -0.25) is 4.79 Å². The maximum Gasteiger partial charge on any atom is 0.211 e. The summed E-state index contributed by atoms with van der Waals surface area (Å²) in [6.07, 6.45) is 0.495. The first-order valence-corrected chi connectivity index (χ1v) is 6.33. The monoisotopic (exact) mass is 266 g/mol. The summed E-state index contributed by atoms with van der Waals surface area (Å²) in [4.78, 5) is 12.8. The number of amides is 1. The molecule has 3 aromatic rings. The molecule has 3 rings (SSSR count). The van der Waals surface area contributed by atoms with Crippen LogP contribution in [0, 0.1) is 0 Å². The Balaban J connectivity index is 2.17. The summed E-state index contributed by atoms with van der Waals surface area (Å²) < 4.78 is 1.76. The van der Waals surface area contributed by atoms with Gasteiger partial charge in [-0.05, 0) is 17.7 Å². The minimum atomic E-state index is -0.305. The molecule has 1 atom stereocenters. The molecule has 5 heteroatoms. The zero-order valence-electron chi connectivity index (χ0n) is 11.0. The topological polar surface area (TPSA) is 51.0 Å². The van der Waals surface area contributed by atoms with Crippen molar-refractivity contribution in [2.45, 2.75) is 6.17 Å². The van der Waals surface area contributed by atoms with Gasteiger partial charge < -0.3 is 4.90 Å². The van der Waals surface area contributed by atoms with Crippen LogP contribution in [0.15, 0.2) is 54.6 Å². The van der Waals surface area contributed by atoms with Crippen molar-refractivity contribution >= 4 is 17.4 Å². The van der Waals surface area contributed by atoms with Crippen LogP contribution in [0.25, 0.3) is 11.0 Å². The van der Waals surface area contributed by atoms with E-state index in [0.29, 0.717) is 0 Å². The Hall–Kier alpha value is -2.69. The molecule has 0 aliphatic heterocycles. The number of hydrogen-bond donors (Lipinski definition) is 0. The van der Waals surface area contributed by atoms with Crippen molar-refractivity contribution in [2.24, 2.45) is 0 Å². The predicted octanol–water partition coefficient (Wildman–Crippen LogP) is 2.07. The number of hydrogen-bond acceptors (Lipinski definition) is 3. The fourth-order valence-electron chi connectivity index (χ4n) is 2.30. The van der Waals surface area contributed by atoms with Crippen molar-refractivity contribution in [3.63, 3.8) is 0 Å². The van der Waals surface area contributed by atoms with Crippen molar-refractivity contribution in [3.05, 3.63) is 60.2 Å². The lowest BCUT2D eigenvalue weighted by molar-refractivity contribution is -0.119. The highest BCUT2D eigenvalue weighted by Gasteiger charge is 2.21. The van der Waals surface area contributed by atoms with E-state index in [0.717, 1.165) is 23.0 Å². The number of aromatic nitrogens is 3. The molecule has 1 aromatic heterocycles. The van der Waals surface area contributed by atoms with Crippen LogP contribution in [-0.4, -0.2) is 33.4 Å². The van der Waals surface area contributed by atoms with E-state index in [-0.39, 0.29) is 6.17 Å². The molecule has 0 aliphatic carbocycles. The Bertz CT molecular complexity index is 723. The van der Waals surface area contributed by atoms with Gasteiger partial charge in [0, 0.05) is 7.05 Å². The van der Waals surface area contributed by atoms with E-state index in [4.69, 9.17) is 0 Å². The van der Waals surface area contributed by atoms with Gasteiger partial charge >= 0.3 is 0 Å². The van der Waals surface area contributed by atoms with Crippen LogP contribution in [0.3, 0.4) is 0 Å². The van der Waals surface area contributed by atoms with E-state index in [2.05, 4.69) is 10.3 Å². The standard InChI is InChI=1S/C15H14N4O/c1-18(11-20)15(12-7-3-2-4-8-12)19-14-10-6-5-9-13(14)16-17-19/h2-11,15H,1H3. The third kappa shape index (κ3) is 2.03. The van der Waals surface area contributed by atoms with Crippen molar-refractivity contribution in [1.82, 2.24) is 19.9 Å². The van der Waals surface area contributed by atoms with Crippen LogP contribution in [0.1, 0.15) is 11.7 Å². The van der Waals surface area contributed by atoms with E-state index in [1.807, 2.05) is 54.6 Å². The molecule has 0 N–H and O–H groups in total. The van der Waals surface area contributed by atoms with Crippen LogP contribution in [-0.2, 0) is 4.79 Å². The van der Waals surface area contributed by atoms with Gasteiger partial charge in [-0.2, -0.15) is 0 Å². The SMILES string of the molecule is CN(C=O)C(c1ccccc1)n1nnc2ccccc21. The Kier molecular flexibility index (Phi) is 3.16. The highest BCUT2D eigenvalue weighted by atomic mass is 16.1. The third-order valence-corrected chi connectivity index (χ3v) is 3.26. The molecule has 0 fully saturated rings. The van der Waals surface area contributed by atoms with Crippen molar-refractivity contribution in [1.29, 1.82) is 0 Å². The summed E-state index contributed by atoms with van der Waals surface area (Å²) in [7, 11) is 1.74. The zero-order valence-corrected chi connectivity index (χ0v) is 11.0. The number of rotatable bonds is 4. The molecule has 1 heterocycles. The molecule has 20 heavy (non-hydrogen) atoms. The fraction of sp³-hybridized carbons (Fsp3) is 0.133. The van der Waals surface area contributed by atoms with Gasteiger partial charge in [0.15, 0.2) is 6.17 Å². The normalized spacial score (nSPS) is 12.2. The molecule has 0 aliphatic rings.